The zero-order chi connectivity index (χ0) is 9.54. The van der Waals surface area contributed by atoms with Crippen molar-refractivity contribution in [2.45, 2.75) is 19.8 Å². The monoisotopic (exact) mass is 281 g/mol. The van der Waals surface area contributed by atoms with Gasteiger partial charge < -0.3 is 0 Å². The Morgan fingerprint density at radius 2 is 2.20 bits per heavy atom. The maximum atomic E-state index is 4.61. The van der Waals surface area contributed by atoms with Crippen LogP contribution in [0.5, 0.6) is 0 Å². The number of hydrogen-bond donors (Lipinski definition) is 0. The molecule has 3 heteroatoms. The average Bonchev–Trinajstić information content (AvgIpc) is 2.59. The zero-order valence-corrected chi connectivity index (χ0v) is 11.0. The number of hydrogen-bond acceptors (Lipinski definition) is 2. The Bertz CT molecular complexity index is 528. The number of aryl methyl sites for hydroxylation is 2. The van der Waals surface area contributed by atoms with Crippen molar-refractivity contribution < 1.29 is 0 Å². The first-order chi connectivity index (χ1) is 6.84. The molecule has 1 aromatic heterocycles. The third-order valence-corrected chi connectivity index (χ3v) is 3.60. The van der Waals surface area contributed by atoms with Crippen LogP contribution in [0.25, 0.3) is 16.3 Å². The Kier molecular flexibility index (Phi) is 2.94. The number of benzene rings is 1. The molecule has 2 aromatic rings. The highest BCUT2D eigenvalue weighted by Crippen LogP contribution is 2.30. The Labute approximate surface area is 104 Å². The molecule has 1 heterocycles. The Morgan fingerprint density at radius 1 is 1.33 bits per heavy atom. The molecule has 78 valence electrons. The predicted molar refractivity (Wildman–Crippen MR) is 72.0 cm³/mol. The molecule has 0 fully saturated rings. The van der Waals surface area contributed by atoms with E-state index < -0.39 is 0 Å². The van der Waals surface area contributed by atoms with Crippen molar-refractivity contribution in [3.8, 4) is 0 Å². The van der Waals surface area contributed by atoms with Crippen molar-refractivity contribution >= 4 is 44.6 Å². The fraction of sp³-hybridized carbons (Fsp3) is 0.250. The van der Waals surface area contributed by atoms with E-state index in [2.05, 4.69) is 36.2 Å². The van der Waals surface area contributed by atoms with Crippen molar-refractivity contribution in [3.63, 3.8) is 0 Å². The quantitative estimate of drug-likeness (QED) is 0.707. The molecule has 0 radical (unpaired) electrons. The third kappa shape index (κ3) is 1.74. The lowest BCUT2D eigenvalue weighted by molar-refractivity contribution is 0.992. The molecule has 0 N–H and O–H groups in total. The van der Waals surface area contributed by atoms with E-state index in [9.17, 15) is 0 Å². The third-order valence-electron chi connectivity index (χ3n) is 2.67. The largest absolute Gasteiger partial charge is 0.241 e. The molecule has 15 heavy (non-hydrogen) atoms. The van der Waals surface area contributed by atoms with Crippen LogP contribution in [0.2, 0.25) is 0 Å². The van der Waals surface area contributed by atoms with E-state index in [-0.39, 0.29) is 17.0 Å². The molecule has 1 aliphatic rings. The molecular formula is C12H12BrNS. The lowest BCUT2D eigenvalue weighted by Gasteiger charge is -2.09. The first-order valence-corrected chi connectivity index (χ1v) is 5.72. The lowest BCUT2D eigenvalue weighted by atomic mass is 9.96. The molecule has 0 atom stereocenters. The second-order valence-electron chi connectivity index (χ2n) is 3.65. The van der Waals surface area contributed by atoms with Gasteiger partial charge in [-0.05, 0) is 37.0 Å². The average molecular weight is 282 g/mol. The van der Waals surface area contributed by atoms with E-state index in [1.54, 1.807) is 11.3 Å². The summed E-state index contributed by atoms with van der Waals surface area (Å²) >= 11 is 1.79. The van der Waals surface area contributed by atoms with Crippen molar-refractivity contribution in [1.82, 2.24) is 4.98 Å². The maximum Gasteiger partial charge on any atom is 0.0907 e. The minimum absolute atomic E-state index is 0. The standard InChI is InChI=1S/C12H11NS.BrH/c1-8-13-12-10-5-3-2-4-9(10)6-7-11(12)14-8;/h2,4,6-7H,3,5H2,1H3;1H. The van der Waals surface area contributed by atoms with Gasteiger partial charge in [-0.15, -0.1) is 28.3 Å². The van der Waals surface area contributed by atoms with E-state index >= 15 is 0 Å². The van der Waals surface area contributed by atoms with Crippen LogP contribution in [0, 0.1) is 6.92 Å². The second-order valence-corrected chi connectivity index (χ2v) is 4.89. The topological polar surface area (TPSA) is 12.9 Å². The van der Waals surface area contributed by atoms with Crippen LogP contribution in [0.1, 0.15) is 22.6 Å². The lowest BCUT2D eigenvalue weighted by Crippen LogP contribution is -1.94. The van der Waals surface area contributed by atoms with Crippen LogP contribution in [-0.4, -0.2) is 4.98 Å². The van der Waals surface area contributed by atoms with Crippen LogP contribution in [0.15, 0.2) is 18.2 Å². The smallest absolute Gasteiger partial charge is 0.0907 e. The number of allylic oxidation sites excluding steroid dienone is 1. The van der Waals surface area contributed by atoms with Crippen LogP contribution in [0.3, 0.4) is 0 Å². The van der Waals surface area contributed by atoms with Crippen LogP contribution in [-0.2, 0) is 6.42 Å². The van der Waals surface area contributed by atoms with Crippen molar-refractivity contribution in [2.24, 2.45) is 0 Å². The summed E-state index contributed by atoms with van der Waals surface area (Å²) in [5.74, 6) is 0. The normalized spacial score (nSPS) is 13.7. The van der Waals surface area contributed by atoms with E-state index in [1.165, 1.54) is 26.4 Å². The first kappa shape index (κ1) is 10.8. The van der Waals surface area contributed by atoms with Crippen molar-refractivity contribution in [1.29, 1.82) is 0 Å². The fourth-order valence-corrected chi connectivity index (χ4v) is 2.89. The molecule has 0 saturated carbocycles. The minimum atomic E-state index is 0. The summed E-state index contributed by atoms with van der Waals surface area (Å²) in [5.41, 5.74) is 4.03. The van der Waals surface area contributed by atoms with Crippen LogP contribution in [0.4, 0.5) is 0 Å². The molecule has 3 rings (SSSR count). The van der Waals surface area contributed by atoms with Gasteiger partial charge in [-0.3, -0.25) is 0 Å². The van der Waals surface area contributed by atoms with Crippen molar-refractivity contribution in [2.75, 3.05) is 0 Å². The van der Waals surface area contributed by atoms with Gasteiger partial charge in [0.1, 0.15) is 0 Å². The summed E-state index contributed by atoms with van der Waals surface area (Å²) in [5, 5.41) is 1.17. The highest BCUT2D eigenvalue weighted by molar-refractivity contribution is 8.93. The van der Waals surface area contributed by atoms with Gasteiger partial charge in [0.05, 0.1) is 15.2 Å². The Hall–Kier alpha value is -0.670. The second kappa shape index (κ2) is 4.06. The van der Waals surface area contributed by atoms with Gasteiger partial charge in [-0.2, -0.15) is 0 Å². The summed E-state index contributed by atoms with van der Waals surface area (Å²) in [6.07, 6.45) is 6.76. The maximum absolute atomic E-state index is 4.61. The van der Waals surface area contributed by atoms with Crippen LogP contribution >= 0.6 is 28.3 Å². The van der Waals surface area contributed by atoms with Gasteiger partial charge in [0.25, 0.3) is 0 Å². The Balaban J connectivity index is 0.000000853. The number of nitrogens with zero attached hydrogens (tertiary/aromatic N) is 1. The molecule has 0 unspecified atom stereocenters. The van der Waals surface area contributed by atoms with Gasteiger partial charge >= 0.3 is 0 Å². The minimum Gasteiger partial charge on any atom is -0.241 e. The molecule has 0 saturated heterocycles. The molecule has 0 bridgehead atoms. The van der Waals surface area contributed by atoms with Gasteiger partial charge in [-0.1, -0.05) is 18.2 Å². The van der Waals surface area contributed by atoms with E-state index in [4.69, 9.17) is 0 Å². The molecular weight excluding hydrogens is 270 g/mol. The van der Waals surface area contributed by atoms with E-state index in [0.717, 1.165) is 12.8 Å². The fourth-order valence-electron chi connectivity index (χ4n) is 2.03. The summed E-state index contributed by atoms with van der Waals surface area (Å²) in [6, 6.07) is 4.40. The summed E-state index contributed by atoms with van der Waals surface area (Å²) in [6.45, 7) is 2.08. The predicted octanol–water partition coefficient (Wildman–Crippen LogP) is 4.14. The van der Waals surface area contributed by atoms with Gasteiger partial charge in [-0.25, -0.2) is 4.98 Å². The van der Waals surface area contributed by atoms with Crippen LogP contribution < -0.4 is 0 Å². The van der Waals surface area contributed by atoms with Crippen molar-refractivity contribution in [3.05, 3.63) is 34.3 Å². The number of aromatic nitrogens is 1. The van der Waals surface area contributed by atoms with Gasteiger partial charge in [0, 0.05) is 0 Å². The molecule has 0 amide bonds. The molecule has 1 aromatic carbocycles. The molecule has 0 aliphatic heterocycles. The highest BCUT2D eigenvalue weighted by Gasteiger charge is 2.11. The number of thiazole rings is 1. The first-order valence-electron chi connectivity index (χ1n) is 4.90. The molecule has 1 nitrogen and oxygen atoms in total. The molecule has 1 aliphatic carbocycles. The van der Waals surface area contributed by atoms with Gasteiger partial charge in [0.2, 0.25) is 0 Å². The highest BCUT2D eigenvalue weighted by atomic mass is 79.9. The van der Waals surface area contributed by atoms with Gasteiger partial charge in [0.15, 0.2) is 0 Å². The van der Waals surface area contributed by atoms with E-state index in [1.807, 2.05) is 0 Å². The summed E-state index contributed by atoms with van der Waals surface area (Å²) in [7, 11) is 0. The SMILES string of the molecule is Br.Cc1nc2c3c(ccc2s1)C=CCC3. The number of fused-ring (bicyclic) bond motifs is 3. The Morgan fingerprint density at radius 3 is 3.07 bits per heavy atom. The zero-order valence-electron chi connectivity index (χ0n) is 8.49. The number of halogens is 1. The van der Waals surface area contributed by atoms with E-state index in [0.29, 0.717) is 0 Å². The summed E-state index contributed by atoms with van der Waals surface area (Å²) < 4.78 is 1.33. The number of rotatable bonds is 0. The summed E-state index contributed by atoms with van der Waals surface area (Å²) in [4.78, 5) is 4.61. The molecule has 0 spiro atoms.